The van der Waals surface area contributed by atoms with Crippen LogP contribution in [0.25, 0.3) is 0 Å². The van der Waals surface area contributed by atoms with Crippen molar-refractivity contribution in [1.29, 1.82) is 0 Å². The van der Waals surface area contributed by atoms with Crippen LogP contribution in [-0.2, 0) is 11.4 Å². The summed E-state index contributed by atoms with van der Waals surface area (Å²) in [5.41, 5.74) is 0. The summed E-state index contributed by atoms with van der Waals surface area (Å²) in [6.07, 6.45) is -2.33. The number of phenols is 2. The molecule has 4 N–H and O–H groups in total. The average Bonchev–Trinajstić information content (AvgIpc) is 2.08. The molecule has 1 aromatic rings. The smallest absolute Gasteiger partial charge is 0.652 e. The second-order valence-corrected chi connectivity index (χ2v) is 2.46. The molecule has 0 aliphatic rings. The van der Waals surface area contributed by atoms with Gasteiger partial charge in [0.05, 0.1) is 0 Å². The fraction of sp³-hybridized carbons (Fsp3) is 0. The van der Waals surface area contributed by atoms with Crippen molar-refractivity contribution in [3.05, 3.63) is 24.3 Å². The van der Waals surface area contributed by atoms with Crippen LogP contribution in [0.4, 0.5) is 4.79 Å². The van der Waals surface area contributed by atoms with Crippen LogP contribution in [0.5, 0.6) is 11.5 Å². The van der Waals surface area contributed by atoms with Crippen LogP contribution in [0, 0.1) is 0 Å². The monoisotopic (exact) mass is 298 g/mol. The SMILES string of the molecule is O=C([O-])[O-].O=S(O)O.Oc1ccc(O)cc1.[Na+].[Na+]. The quantitative estimate of drug-likeness (QED) is 0.208. The van der Waals surface area contributed by atoms with Crippen molar-refractivity contribution >= 4 is 17.5 Å². The topological polar surface area (TPSA) is 161 Å². The van der Waals surface area contributed by atoms with Crippen LogP contribution in [0.3, 0.4) is 0 Å². The Labute approximate surface area is 149 Å². The molecule has 0 heterocycles. The van der Waals surface area contributed by atoms with Gasteiger partial charge < -0.3 is 25.2 Å². The van der Waals surface area contributed by atoms with E-state index in [4.69, 9.17) is 38.5 Å². The third-order valence-electron chi connectivity index (χ3n) is 0.850. The Hall–Kier alpha value is 0.160. The zero-order valence-electron chi connectivity index (χ0n) is 9.64. The Morgan fingerprint density at radius 1 is 0.944 bits per heavy atom. The van der Waals surface area contributed by atoms with Crippen LogP contribution in [0.15, 0.2) is 24.3 Å². The number of rotatable bonds is 0. The van der Waals surface area contributed by atoms with E-state index in [1.54, 1.807) is 0 Å². The number of phenolic OH excluding ortho intramolecular Hbond substituents is 2. The van der Waals surface area contributed by atoms with E-state index in [1.807, 2.05) is 0 Å². The molecule has 0 aromatic heterocycles. The first kappa shape index (κ1) is 26.7. The van der Waals surface area contributed by atoms with Gasteiger partial charge in [0.25, 0.3) is 11.4 Å². The van der Waals surface area contributed by atoms with E-state index in [9.17, 15) is 0 Å². The maximum Gasteiger partial charge on any atom is 1.00 e. The maximum absolute atomic E-state index is 8.67. The van der Waals surface area contributed by atoms with Gasteiger partial charge in [-0.15, -0.1) is 0 Å². The van der Waals surface area contributed by atoms with Crippen LogP contribution in [0.1, 0.15) is 0 Å². The molecular weight excluding hydrogens is 290 g/mol. The fourth-order valence-corrected chi connectivity index (χ4v) is 0.453. The zero-order chi connectivity index (χ0) is 13.1. The molecule has 0 saturated heterocycles. The molecular formula is C7H8Na2O8S. The average molecular weight is 298 g/mol. The van der Waals surface area contributed by atoms with Gasteiger partial charge in [-0.2, -0.15) is 4.21 Å². The molecule has 1 aromatic carbocycles. The predicted octanol–water partition coefficient (Wildman–Crippen LogP) is -7.66. The van der Waals surface area contributed by atoms with Crippen LogP contribution in [0.2, 0.25) is 0 Å². The minimum Gasteiger partial charge on any atom is -0.652 e. The van der Waals surface area contributed by atoms with E-state index in [1.165, 1.54) is 24.3 Å². The summed E-state index contributed by atoms with van der Waals surface area (Å²) in [7, 11) is 0. The van der Waals surface area contributed by atoms with E-state index >= 15 is 0 Å². The van der Waals surface area contributed by atoms with E-state index in [-0.39, 0.29) is 70.6 Å². The van der Waals surface area contributed by atoms with Crippen molar-refractivity contribution < 1.29 is 97.6 Å². The number of hydrogen-bond donors (Lipinski definition) is 4. The minimum atomic E-state index is -2.61. The molecule has 0 radical (unpaired) electrons. The van der Waals surface area contributed by atoms with Crippen molar-refractivity contribution in [2.24, 2.45) is 0 Å². The number of carbonyl (C=O) groups is 1. The molecule has 0 fully saturated rings. The Kier molecular flexibility index (Phi) is 25.4. The van der Waals surface area contributed by atoms with Gasteiger partial charge >= 0.3 is 59.1 Å². The molecule has 0 bridgehead atoms. The van der Waals surface area contributed by atoms with Crippen molar-refractivity contribution in [2.75, 3.05) is 0 Å². The molecule has 18 heavy (non-hydrogen) atoms. The Morgan fingerprint density at radius 2 is 1.06 bits per heavy atom. The van der Waals surface area contributed by atoms with Gasteiger partial charge in [-0.05, 0) is 30.4 Å². The van der Waals surface area contributed by atoms with Gasteiger partial charge in [0, 0.05) is 0 Å². The number of hydrogen-bond acceptors (Lipinski definition) is 6. The van der Waals surface area contributed by atoms with Gasteiger partial charge in [-0.1, -0.05) is 0 Å². The molecule has 0 unspecified atom stereocenters. The molecule has 0 spiro atoms. The molecule has 0 aliphatic heterocycles. The zero-order valence-corrected chi connectivity index (χ0v) is 14.5. The molecule has 11 heteroatoms. The first-order chi connectivity index (χ1) is 7.25. The van der Waals surface area contributed by atoms with E-state index < -0.39 is 17.5 Å². The summed E-state index contributed by atoms with van der Waals surface area (Å²) in [6.45, 7) is 0. The molecule has 8 nitrogen and oxygen atoms in total. The van der Waals surface area contributed by atoms with Gasteiger partial charge in [0.15, 0.2) is 0 Å². The van der Waals surface area contributed by atoms with E-state index in [0.29, 0.717) is 0 Å². The third-order valence-corrected chi connectivity index (χ3v) is 0.850. The van der Waals surface area contributed by atoms with Crippen molar-refractivity contribution in [3.63, 3.8) is 0 Å². The first-order valence-corrected chi connectivity index (χ1v) is 4.48. The number of carboxylic acid groups (broad SMARTS) is 2. The summed E-state index contributed by atoms with van der Waals surface area (Å²) in [4.78, 5) is 8.33. The Balaban J connectivity index is -0.0000000860. The van der Waals surface area contributed by atoms with Crippen molar-refractivity contribution in [1.82, 2.24) is 0 Å². The van der Waals surface area contributed by atoms with Gasteiger partial charge in [0.2, 0.25) is 0 Å². The Morgan fingerprint density at radius 3 is 1.17 bits per heavy atom. The molecule has 92 valence electrons. The largest absolute Gasteiger partial charge is 1.00 e. The van der Waals surface area contributed by atoms with E-state index in [0.717, 1.165) is 0 Å². The van der Waals surface area contributed by atoms with Gasteiger partial charge in [0.1, 0.15) is 11.5 Å². The predicted molar refractivity (Wildman–Crippen MR) is 48.6 cm³/mol. The Bertz CT molecular complexity index is 290. The van der Waals surface area contributed by atoms with E-state index in [2.05, 4.69) is 0 Å². The molecule has 0 atom stereocenters. The standard InChI is InChI=1S/C6H6O2.CH2O3.2Na.H2O3S/c7-5-1-2-6(8)4-3-5;2-1(3)4;;;1-4(2)3/h1-4,7-8H;(H2,2,3,4);;;(H2,1,2,3)/q;;2*+1;/p-2. The van der Waals surface area contributed by atoms with Crippen LogP contribution >= 0.6 is 0 Å². The normalized spacial score (nSPS) is 7.28. The second kappa shape index (κ2) is 17.2. The number of carbonyl (C=O) groups excluding carboxylic acids is 1. The summed E-state index contributed by atoms with van der Waals surface area (Å²) in [5.74, 6) is 0.339. The van der Waals surface area contributed by atoms with Crippen molar-refractivity contribution in [3.8, 4) is 11.5 Å². The maximum atomic E-state index is 8.67. The van der Waals surface area contributed by atoms with Gasteiger partial charge in [-0.3, -0.25) is 9.11 Å². The minimum absolute atomic E-state index is 0. The molecule has 0 saturated carbocycles. The summed E-state index contributed by atoms with van der Waals surface area (Å²) in [5, 5.41) is 34.0. The second-order valence-electron chi connectivity index (χ2n) is 2.00. The third kappa shape index (κ3) is 36.0. The van der Waals surface area contributed by atoms with Gasteiger partial charge in [-0.25, -0.2) is 0 Å². The number of benzene rings is 1. The molecule has 0 amide bonds. The first-order valence-electron chi connectivity index (χ1n) is 3.41. The molecule has 0 aliphatic carbocycles. The summed E-state index contributed by atoms with van der Waals surface area (Å²) >= 11 is -2.61. The number of aromatic hydroxyl groups is 2. The summed E-state index contributed by atoms with van der Waals surface area (Å²) < 4.78 is 22.8. The fourth-order valence-electron chi connectivity index (χ4n) is 0.453. The van der Waals surface area contributed by atoms with Crippen molar-refractivity contribution in [2.45, 2.75) is 0 Å². The van der Waals surface area contributed by atoms with Crippen LogP contribution in [-0.4, -0.2) is 29.7 Å². The van der Waals surface area contributed by atoms with Crippen LogP contribution < -0.4 is 69.3 Å². The molecule has 1 rings (SSSR count). The summed E-state index contributed by atoms with van der Waals surface area (Å²) in [6, 6.07) is 5.70.